The summed E-state index contributed by atoms with van der Waals surface area (Å²) in [7, 11) is 1.66. The van der Waals surface area contributed by atoms with Crippen molar-refractivity contribution < 1.29 is 4.79 Å². The molecule has 0 radical (unpaired) electrons. The lowest BCUT2D eigenvalue weighted by molar-refractivity contribution is 0.0963. The summed E-state index contributed by atoms with van der Waals surface area (Å²) in [6, 6.07) is 5.80. The molecule has 0 atom stereocenters. The van der Waals surface area contributed by atoms with Gasteiger partial charge in [-0.05, 0) is 31.0 Å². The van der Waals surface area contributed by atoms with E-state index in [9.17, 15) is 4.79 Å². The van der Waals surface area contributed by atoms with Crippen LogP contribution in [0.2, 0.25) is 0 Å². The van der Waals surface area contributed by atoms with Gasteiger partial charge in [-0.2, -0.15) is 0 Å². The van der Waals surface area contributed by atoms with Crippen LogP contribution >= 0.6 is 0 Å². The van der Waals surface area contributed by atoms with E-state index < -0.39 is 0 Å². The highest BCUT2D eigenvalue weighted by atomic mass is 16.1. The Morgan fingerprint density at radius 3 is 2.50 bits per heavy atom. The molecule has 1 rings (SSSR count). The number of amides is 1. The van der Waals surface area contributed by atoms with Crippen molar-refractivity contribution in [2.24, 2.45) is 0 Å². The molecule has 0 saturated carbocycles. The third-order valence-corrected chi connectivity index (χ3v) is 3.57. The van der Waals surface area contributed by atoms with Crippen LogP contribution < -0.4 is 10.6 Å². The summed E-state index contributed by atoms with van der Waals surface area (Å²) < 4.78 is 0. The van der Waals surface area contributed by atoms with Crippen molar-refractivity contribution in [3.63, 3.8) is 0 Å². The molecule has 0 aliphatic rings. The Bertz CT molecular complexity index is 415. The summed E-state index contributed by atoms with van der Waals surface area (Å²) in [5.41, 5.74) is 2.96. The van der Waals surface area contributed by atoms with Gasteiger partial charge in [-0.3, -0.25) is 4.79 Å². The van der Waals surface area contributed by atoms with E-state index in [1.165, 1.54) is 44.1 Å². The molecule has 0 heterocycles. The van der Waals surface area contributed by atoms with Crippen molar-refractivity contribution in [3.8, 4) is 0 Å². The normalized spacial score (nSPS) is 10.3. The van der Waals surface area contributed by atoms with Gasteiger partial charge in [0.05, 0.1) is 0 Å². The van der Waals surface area contributed by atoms with Crippen LogP contribution in [-0.2, 0) is 0 Å². The van der Waals surface area contributed by atoms with E-state index in [-0.39, 0.29) is 5.91 Å². The molecule has 1 amide bonds. The molecule has 0 aliphatic carbocycles. The first kappa shape index (κ1) is 16.5. The fraction of sp³-hybridized carbons (Fsp3) is 0.588. The smallest absolute Gasteiger partial charge is 0.251 e. The van der Waals surface area contributed by atoms with Gasteiger partial charge in [0.25, 0.3) is 5.91 Å². The number of rotatable bonds is 9. The van der Waals surface area contributed by atoms with Crippen LogP contribution in [0, 0.1) is 6.92 Å². The average Bonchev–Trinajstić information content (AvgIpc) is 2.47. The van der Waals surface area contributed by atoms with Gasteiger partial charge in [-0.15, -0.1) is 0 Å². The fourth-order valence-corrected chi connectivity index (χ4v) is 2.23. The molecule has 0 bridgehead atoms. The molecule has 3 nitrogen and oxygen atoms in total. The van der Waals surface area contributed by atoms with Gasteiger partial charge in [0, 0.05) is 24.8 Å². The molecule has 0 saturated heterocycles. The number of carbonyl (C=O) groups is 1. The van der Waals surface area contributed by atoms with E-state index in [1.807, 2.05) is 18.2 Å². The Hall–Kier alpha value is -1.51. The van der Waals surface area contributed by atoms with Gasteiger partial charge < -0.3 is 10.6 Å². The first-order valence-electron chi connectivity index (χ1n) is 7.75. The zero-order valence-corrected chi connectivity index (χ0v) is 13.1. The maximum atomic E-state index is 11.6. The highest BCUT2D eigenvalue weighted by Crippen LogP contribution is 2.17. The van der Waals surface area contributed by atoms with Crippen LogP contribution in [0.5, 0.6) is 0 Å². The molecule has 0 spiro atoms. The minimum absolute atomic E-state index is 0.0346. The molecule has 1 aromatic carbocycles. The maximum absolute atomic E-state index is 11.6. The molecular formula is C17H28N2O. The zero-order valence-electron chi connectivity index (χ0n) is 13.1. The highest BCUT2D eigenvalue weighted by molar-refractivity contribution is 5.95. The van der Waals surface area contributed by atoms with E-state index in [1.54, 1.807) is 7.05 Å². The van der Waals surface area contributed by atoms with Gasteiger partial charge in [-0.1, -0.05) is 45.1 Å². The number of hydrogen-bond donors (Lipinski definition) is 2. The Labute approximate surface area is 123 Å². The highest BCUT2D eigenvalue weighted by Gasteiger charge is 2.05. The zero-order chi connectivity index (χ0) is 14.8. The number of aryl methyl sites for hydroxylation is 1. The number of carbonyl (C=O) groups excluding carboxylic acids is 1. The van der Waals surface area contributed by atoms with Gasteiger partial charge in [0.1, 0.15) is 0 Å². The lowest BCUT2D eigenvalue weighted by atomic mass is 10.1. The van der Waals surface area contributed by atoms with E-state index in [0.717, 1.165) is 12.2 Å². The standard InChI is InChI=1S/C17H28N2O/c1-4-5-6-7-8-9-12-19-16-13-15(17(20)18-3)11-10-14(16)2/h10-11,13,19H,4-9,12H2,1-3H3,(H,18,20). The van der Waals surface area contributed by atoms with Crippen LogP contribution in [0.4, 0.5) is 5.69 Å². The van der Waals surface area contributed by atoms with E-state index >= 15 is 0 Å². The SMILES string of the molecule is CCCCCCCCNc1cc(C(=O)NC)ccc1C. The lowest BCUT2D eigenvalue weighted by Gasteiger charge is -2.11. The molecule has 112 valence electrons. The molecule has 1 aromatic rings. The first-order chi connectivity index (χ1) is 9.69. The van der Waals surface area contributed by atoms with Crippen LogP contribution in [0.25, 0.3) is 0 Å². The van der Waals surface area contributed by atoms with Gasteiger partial charge >= 0.3 is 0 Å². The van der Waals surface area contributed by atoms with Gasteiger partial charge in [0.2, 0.25) is 0 Å². The van der Waals surface area contributed by atoms with Crippen molar-refractivity contribution in [2.75, 3.05) is 18.9 Å². The molecule has 0 unspecified atom stereocenters. The second-order valence-corrected chi connectivity index (χ2v) is 5.30. The van der Waals surface area contributed by atoms with E-state index in [4.69, 9.17) is 0 Å². The number of benzene rings is 1. The van der Waals surface area contributed by atoms with Crippen molar-refractivity contribution in [2.45, 2.75) is 52.4 Å². The van der Waals surface area contributed by atoms with Gasteiger partial charge in [0.15, 0.2) is 0 Å². The molecular weight excluding hydrogens is 248 g/mol. The molecule has 0 aliphatic heterocycles. The number of nitrogens with one attached hydrogen (secondary N) is 2. The average molecular weight is 276 g/mol. The van der Waals surface area contributed by atoms with Crippen molar-refractivity contribution >= 4 is 11.6 Å². The fourth-order valence-electron chi connectivity index (χ4n) is 2.23. The Balaban J connectivity index is 2.37. The Morgan fingerprint density at radius 1 is 1.10 bits per heavy atom. The van der Waals surface area contributed by atoms with Crippen LogP contribution in [0.15, 0.2) is 18.2 Å². The third-order valence-electron chi connectivity index (χ3n) is 3.57. The second kappa shape index (κ2) is 9.40. The maximum Gasteiger partial charge on any atom is 0.251 e. The quantitative estimate of drug-likeness (QED) is 0.666. The summed E-state index contributed by atoms with van der Waals surface area (Å²) in [6.07, 6.45) is 7.79. The summed E-state index contributed by atoms with van der Waals surface area (Å²) in [6.45, 7) is 5.28. The molecule has 20 heavy (non-hydrogen) atoms. The van der Waals surface area contributed by atoms with E-state index in [2.05, 4.69) is 24.5 Å². The van der Waals surface area contributed by atoms with Crippen LogP contribution in [-0.4, -0.2) is 19.5 Å². The minimum Gasteiger partial charge on any atom is -0.385 e. The summed E-state index contributed by atoms with van der Waals surface area (Å²) in [5.74, 6) is -0.0346. The van der Waals surface area contributed by atoms with Crippen molar-refractivity contribution in [1.29, 1.82) is 0 Å². The summed E-state index contributed by atoms with van der Waals surface area (Å²) in [4.78, 5) is 11.6. The molecule has 3 heteroatoms. The largest absolute Gasteiger partial charge is 0.385 e. The number of anilines is 1. The predicted octanol–water partition coefficient (Wildman–Crippen LogP) is 4.13. The molecule has 0 fully saturated rings. The monoisotopic (exact) mass is 276 g/mol. The Morgan fingerprint density at radius 2 is 1.80 bits per heavy atom. The van der Waals surface area contributed by atoms with Crippen LogP contribution in [0.3, 0.4) is 0 Å². The molecule has 2 N–H and O–H groups in total. The van der Waals surface area contributed by atoms with Gasteiger partial charge in [-0.25, -0.2) is 0 Å². The minimum atomic E-state index is -0.0346. The second-order valence-electron chi connectivity index (χ2n) is 5.30. The topological polar surface area (TPSA) is 41.1 Å². The van der Waals surface area contributed by atoms with Crippen LogP contribution in [0.1, 0.15) is 61.4 Å². The third kappa shape index (κ3) is 5.64. The first-order valence-corrected chi connectivity index (χ1v) is 7.75. The summed E-state index contributed by atoms with van der Waals surface area (Å²) >= 11 is 0. The van der Waals surface area contributed by atoms with E-state index in [0.29, 0.717) is 5.56 Å². The predicted molar refractivity (Wildman–Crippen MR) is 86.4 cm³/mol. The Kier molecular flexibility index (Phi) is 7.78. The number of unbranched alkanes of at least 4 members (excludes halogenated alkanes) is 5. The number of hydrogen-bond acceptors (Lipinski definition) is 2. The van der Waals surface area contributed by atoms with Crippen molar-refractivity contribution in [1.82, 2.24) is 5.32 Å². The van der Waals surface area contributed by atoms with Crippen molar-refractivity contribution in [3.05, 3.63) is 29.3 Å². The summed E-state index contributed by atoms with van der Waals surface area (Å²) in [5, 5.41) is 6.10. The lowest BCUT2D eigenvalue weighted by Crippen LogP contribution is -2.18. The molecule has 0 aromatic heterocycles.